The van der Waals surface area contributed by atoms with Crippen LogP contribution >= 0.6 is 0 Å². The Bertz CT molecular complexity index is 1180. The third kappa shape index (κ3) is 4.85. The number of carbonyl (C=O) groups is 3. The van der Waals surface area contributed by atoms with Crippen molar-refractivity contribution in [1.82, 2.24) is 5.32 Å². The van der Waals surface area contributed by atoms with Crippen LogP contribution in [-0.4, -0.2) is 30.9 Å². The maximum Gasteiger partial charge on any atom is 0.336 e. The Kier molecular flexibility index (Phi) is 8.04. The molecule has 6 nitrogen and oxygen atoms in total. The second-order valence-corrected chi connectivity index (χ2v) is 9.04. The molecule has 6 heteroatoms. The highest BCUT2D eigenvalue weighted by Gasteiger charge is 2.49. The summed E-state index contributed by atoms with van der Waals surface area (Å²) in [7, 11) is 0. The average Bonchev–Trinajstić information content (AvgIpc) is 2.89. The van der Waals surface area contributed by atoms with Crippen LogP contribution in [0.1, 0.15) is 63.0 Å². The van der Waals surface area contributed by atoms with Crippen molar-refractivity contribution < 1.29 is 23.9 Å². The van der Waals surface area contributed by atoms with Crippen LogP contribution in [0.25, 0.3) is 0 Å². The van der Waals surface area contributed by atoms with E-state index >= 15 is 0 Å². The van der Waals surface area contributed by atoms with E-state index in [1.807, 2.05) is 60.7 Å². The topological polar surface area (TPSA) is 81.7 Å². The number of rotatable bonds is 8. The number of ether oxygens (including phenoxy) is 2. The third-order valence-corrected chi connectivity index (χ3v) is 6.80. The minimum atomic E-state index is -0.990. The van der Waals surface area contributed by atoms with E-state index in [9.17, 15) is 14.4 Å². The predicted octanol–water partition coefficient (Wildman–Crippen LogP) is 5.18. The average molecular weight is 488 g/mol. The van der Waals surface area contributed by atoms with Gasteiger partial charge in [-0.3, -0.25) is 9.59 Å². The highest BCUT2D eigenvalue weighted by molar-refractivity contribution is 6.13. The molecule has 36 heavy (non-hydrogen) atoms. The van der Waals surface area contributed by atoms with Gasteiger partial charge in [-0.25, -0.2) is 4.79 Å². The molecule has 2 aromatic carbocycles. The van der Waals surface area contributed by atoms with Crippen molar-refractivity contribution in [2.45, 2.75) is 51.9 Å². The van der Waals surface area contributed by atoms with Gasteiger partial charge in [0.25, 0.3) is 0 Å². The standard InChI is InChI=1S/C30H33NO5/c1-4-13-22-27(30(34)36-6-3)24(20-16-11-8-12-17-20)26-23(31-22)18-21(19-14-9-7-10-15-19)25(28(26)32)29(33)35-5-2/h7-12,14-17,21,24-25,31H,4-6,13,18H2,1-3H3/t21-,24+,25-/m1/s1. The van der Waals surface area contributed by atoms with Crippen molar-refractivity contribution in [2.24, 2.45) is 5.92 Å². The molecule has 0 saturated carbocycles. The van der Waals surface area contributed by atoms with Gasteiger partial charge in [-0.05, 0) is 37.8 Å². The Morgan fingerprint density at radius 3 is 2.08 bits per heavy atom. The third-order valence-electron chi connectivity index (χ3n) is 6.80. The van der Waals surface area contributed by atoms with Crippen molar-refractivity contribution >= 4 is 17.7 Å². The SMILES string of the molecule is CCCC1=C(C(=O)OCC)[C@@H](c2ccccc2)C2=C(C[C@H](c3ccccc3)[C@@H](C(=O)OCC)C2=O)N1. The highest BCUT2D eigenvalue weighted by atomic mass is 16.5. The van der Waals surface area contributed by atoms with E-state index < -0.39 is 23.8 Å². The van der Waals surface area contributed by atoms with Crippen LogP contribution in [0, 0.1) is 5.92 Å². The maximum absolute atomic E-state index is 14.3. The molecule has 1 aliphatic heterocycles. The molecular weight excluding hydrogens is 454 g/mol. The lowest BCUT2D eigenvalue weighted by Crippen LogP contribution is -2.43. The molecule has 1 N–H and O–H groups in total. The summed E-state index contributed by atoms with van der Waals surface area (Å²) in [5, 5.41) is 3.45. The summed E-state index contributed by atoms with van der Waals surface area (Å²) in [6.07, 6.45) is 1.91. The first-order valence-electron chi connectivity index (χ1n) is 12.7. The first-order valence-corrected chi connectivity index (χ1v) is 12.7. The molecule has 1 aliphatic carbocycles. The Morgan fingerprint density at radius 2 is 1.50 bits per heavy atom. The molecule has 0 spiro atoms. The van der Waals surface area contributed by atoms with Crippen LogP contribution in [0.3, 0.4) is 0 Å². The smallest absolute Gasteiger partial charge is 0.336 e. The van der Waals surface area contributed by atoms with Crippen molar-refractivity contribution in [3.8, 4) is 0 Å². The molecule has 0 fully saturated rings. The number of hydrogen-bond acceptors (Lipinski definition) is 6. The largest absolute Gasteiger partial charge is 0.465 e. The molecular formula is C30H33NO5. The van der Waals surface area contributed by atoms with E-state index in [4.69, 9.17) is 9.47 Å². The summed E-state index contributed by atoms with van der Waals surface area (Å²) in [6, 6.07) is 19.1. The number of allylic oxidation sites excluding steroid dienone is 3. The number of ketones is 1. The predicted molar refractivity (Wildman–Crippen MR) is 137 cm³/mol. The molecule has 0 saturated heterocycles. The van der Waals surface area contributed by atoms with Crippen molar-refractivity contribution in [1.29, 1.82) is 0 Å². The summed E-state index contributed by atoms with van der Waals surface area (Å²) in [6.45, 7) is 5.97. The number of benzene rings is 2. The Morgan fingerprint density at radius 1 is 0.889 bits per heavy atom. The van der Waals surface area contributed by atoms with E-state index in [0.29, 0.717) is 24.0 Å². The fourth-order valence-electron chi connectivity index (χ4n) is 5.34. The van der Waals surface area contributed by atoms with Crippen LogP contribution in [0.5, 0.6) is 0 Å². The first-order chi connectivity index (χ1) is 17.5. The number of hydrogen-bond donors (Lipinski definition) is 1. The molecule has 0 radical (unpaired) electrons. The van der Waals surface area contributed by atoms with Gasteiger partial charge in [0.05, 0.1) is 18.8 Å². The van der Waals surface area contributed by atoms with Crippen molar-refractivity contribution in [2.75, 3.05) is 13.2 Å². The van der Waals surface area contributed by atoms with Gasteiger partial charge in [0.2, 0.25) is 0 Å². The van der Waals surface area contributed by atoms with Gasteiger partial charge >= 0.3 is 11.9 Å². The first kappa shape index (κ1) is 25.4. The lowest BCUT2D eigenvalue weighted by Gasteiger charge is -2.40. The second-order valence-electron chi connectivity index (χ2n) is 9.04. The lowest BCUT2D eigenvalue weighted by atomic mass is 9.67. The zero-order valence-corrected chi connectivity index (χ0v) is 21.1. The van der Waals surface area contributed by atoms with Gasteiger partial charge in [-0.1, -0.05) is 74.0 Å². The molecule has 0 bridgehead atoms. The van der Waals surface area contributed by atoms with Gasteiger partial charge in [-0.15, -0.1) is 0 Å². The molecule has 0 unspecified atom stereocenters. The zero-order chi connectivity index (χ0) is 25.7. The second kappa shape index (κ2) is 11.4. The van der Waals surface area contributed by atoms with E-state index in [2.05, 4.69) is 12.2 Å². The molecule has 188 valence electrons. The summed E-state index contributed by atoms with van der Waals surface area (Å²) < 4.78 is 10.9. The van der Waals surface area contributed by atoms with Crippen molar-refractivity contribution in [3.05, 3.63) is 94.3 Å². The number of dihydropyridines is 1. The molecule has 4 rings (SSSR count). The summed E-state index contributed by atoms with van der Waals surface area (Å²) >= 11 is 0. The fourth-order valence-corrected chi connectivity index (χ4v) is 5.34. The normalized spacial score (nSPS) is 21.5. The Balaban J connectivity index is 1.91. The monoisotopic (exact) mass is 487 g/mol. The summed E-state index contributed by atoms with van der Waals surface area (Å²) in [5.41, 5.74) is 4.16. The molecule has 3 atom stereocenters. The molecule has 0 amide bonds. The van der Waals surface area contributed by atoms with E-state index in [-0.39, 0.29) is 24.9 Å². The zero-order valence-electron chi connectivity index (χ0n) is 21.1. The van der Waals surface area contributed by atoms with Gasteiger partial charge in [0, 0.05) is 28.8 Å². The number of esters is 2. The molecule has 1 heterocycles. The van der Waals surface area contributed by atoms with Crippen LogP contribution in [0.4, 0.5) is 0 Å². The molecule has 2 aromatic rings. The quantitative estimate of drug-likeness (QED) is 0.408. The van der Waals surface area contributed by atoms with E-state index in [0.717, 1.165) is 28.9 Å². The number of nitrogens with one attached hydrogen (secondary N) is 1. The lowest BCUT2D eigenvalue weighted by molar-refractivity contribution is -0.152. The highest BCUT2D eigenvalue weighted by Crippen LogP contribution is 2.48. The van der Waals surface area contributed by atoms with Crippen LogP contribution in [0.2, 0.25) is 0 Å². The Hall–Kier alpha value is -3.67. The van der Waals surface area contributed by atoms with Gasteiger partial charge < -0.3 is 14.8 Å². The number of Topliss-reactive ketones (excluding diaryl/α,β-unsaturated/α-hetero) is 1. The van der Waals surface area contributed by atoms with Crippen molar-refractivity contribution in [3.63, 3.8) is 0 Å². The minimum absolute atomic E-state index is 0.186. The fraction of sp³-hybridized carbons (Fsp3) is 0.367. The van der Waals surface area contributed by atoms with Crippen LogP contribution in [-0.2, 0) is 23.9 Å². The maximum atomic E-state index is 14.3. The van der Waals surface area contributed by atoms with E-state index in [1.165, 1.54) is 0 Å². The molecule has 2 aliphatic rings. The van der Waals surface area contributed by atoms with Gasteiger partial charge in [0.15, 0.2) is 5.78 Å². The van der Waals surface area contributed by atoms with Gasteiger partial charge in [-0.2, -0.15) is 0 Å². The van der Waals surface area contributed by atoms with Crippen LogP contribution in [0.15, 0.2) is 83.2 Å². The number of carbonyl (C=O) groups excluding carboxylic acids is 3. The summed E-state index contributed by atoms with van der Waals surface area (Å²) in [4.78, 5) is 40.8. The van der Waals surface area contributed by atoms with Crippen LogP contribution < -0.4 is 5.32 Å². The minimum Gasteiger partial charge on any atom is -0.465 e. The Labute approximate surface area is 212 Å². The van der Waals surface area contributed by atoms with E-state index in [1.54, 1.807) is 13.8 Å². The summed E-state index contributed by atoms with van der Waals surface area (Å²) in [5.74, 6) is -3.26. The molecule has 0 aromatic heterocycles. The van der Waals surface area contributed by atoms with Gasteiger partial charge in [0.1, 0.15) is 5.92 Å².